The second-order valence-corrected chi connectivity index (χ2v) is 10.8. The van der Waals surface area contributed by atoms with E-state index in [2.05, 4.69) is 27.7 Å². The van der Waals surface area contributed by atoms with Crippen molar-refractivity contribution in [1.82, 2.24) is 10.2 Å². The van der Waals surface area contributed by atoms with E-state index in [1.807, 2.05) is 56.2 Å². The van der Waals surface area contributed by atoms with Gasteiger partial charge in [-0.25, -0.2) is 0 Å². The molecule has 5 rings (SSSR count). The molecule has 3 aliphatic rings. The SMILES string of the molecule is Cc1cc(C)cc(C(=O)Nc2ccc(C(=O)C3CC=CC4=CNC=C5CSCCN5C43)c(Cl)c2)c1. The fraction of sp³-hybridized carbons (Fsp3) is 0.286. The number of hydrogen-bond acceptors (Lipinski definition) is 5. The van der Waals surface area contributed by atoms with Crippen LogP contribution in [0.25, 0.3) is 0 Å². The van der Waals surface area contributed by atoms with Crippen molar-refractivity contribution >= 4 is 40.7 Å². The number of thioether (sulfide) groups is 1. The Bertz CT molecular complexity index is 1260. The third-order valence-corrected chi connectivity index (χ3v) is 7.95. The summed E-state index contributed by atoms with van der Waals surface area (Å²) in [7, 11) is 0. The van der Waals surface area contributed by atoms with Crippen molar-refractivity contribution in [2.24, 2.45) is 5.92 Å². The first-order valence-electron chi connectivity index (χ1n) is 11.8. The minimum Gasteiger partial charge on any atom is -0.366 e. The first-order chi connectivity index (χ1) is 16.9. The highest BCUT2D eigenvalue weighted by atomic mass is 35.5. The average Bonchev–Trinajstić information content (AvgIpc) is 3.02. The van der Waals surface area contributed by atoms with E-state index in [9.17, 15) is 9.59 Å². The number of nitrogens with one attached hydrogen (secondary N) is 2. The lowest BCUT2D eigenvalue weighted by molar-refractivity contribution is 0.0850. The Hall–Kier alpha value is -2.96. The molecule has 0 bridgehead atoms. The van der Waals surface area contributed by atoms with Crippen LogP contribution in [-0.4, -0.2) is 40.7 Å². The van der Waals surface area contributed by atoms with Crippen LogP contribution in [0.1, 0.15) is 38.3 Å². The molecule has 2 unspecified atom stereocenters. The predicted molar refractivity (Wildman–Crippen MR) is 144 cm³/mol. The molecule has 0 spiro atoms. The van der Waals surface area contributed by atoms with Gasteiger partial charge in [-0.2, -0.15) is 11.8 Å². The Labute approximate surface area is 215 Å². The Morgan fingerprint density at radius 1 is 1.11 bits per heavy atom. The molecule has 0 aromatic heterocycles. The van der Waals surface area contributed by atoms with Gasteiger partial charge in [0.2, 0.25) is 0 Å². The Morgan fingerprint density at radius 2 is 1.91 bits per heavy atom. The second-order valence-electron chi connectivity index (χ2n) is 9.27. The van der Waals surface area contributed by atoms with Crippen molar-refractivity contribution in [2.75, 3.05) is 23.4 Å². The fourth-order valence-corrected chi connectivity index (χ4v) is 6.34. The molecular formula is C28H28ClN3O2S. The van der Waals surface area contributed by atoms with Gasteiger partial charge in [0.05, 0.1) is 17.0 Å². The first kappa shape index (κ1) is 23.8. The van der Waals surface area contributed by atoms with Crippen molar-refractivity contribution in [1.29, 1.82) is 0 Å². The van der Waals surface area contributed by atoms with Crippen LogP contribution in [0.3, 0.4) is 0 Å². The molecule has 1 saturated heterocycles. The number of ketones is 1. The molecule has 2 N–H and O–H groups in total. The standard InChI is InChI=1S/C28H28ClN3O2S/c1-17-10-18(2)12-20(11-17)28(34)31-21-6-7-23(25(29)13-21)27(33)24-5-3-4-19-14-30-15-22-16-35-9-8-32(22)26(19)24/h3-4,6-7,10-15,24,26,30H,5,8-9,16H2,1-2H3,(H,31,34). The minimum absolute atomic E-state index is 0.0188. The molecule has 2 atom stereocenters. The lowest BCUT2D eigenvalue weighted by Gasteiger charge is -2.42. The average molecular weight is 506 g/mol. The molecule has 0 saturated carbocycles. The van der Waals surface area contributed by atoms with Crippen molar-refractivity contribution < 1.29 is 9.59 Å². The van der Waals surface area contributed by atoms with Gasteiger partial charge in [0, 0.05) is 53.0 Å². The summed E-state index contributed by atoms with van der Waals surface area (Å²) in [5.41, 5.74) is 6.05. The summed E-state index contributed by atoms with van der Waals surface area (Å²) in [6.07, 6.45) is 8.91. The number of amides is 1. The summed E-state index contributed by atoms with van der Waals surface area (Å²) in [5.74, 6) is 1.58. The number of rotatable bonds is 4. The van der Waals surface area contributed by atoms with Gasteiger partial charge < -0.3 is 15.5 Å². The van der Waals surface area contributed by atoms with Gasteiger partial charge in [0.1, 0.15) is 0 Å². The van der Waals surface area contributed by atoms with Crippen LogP contribution < -0.4 is 10.6 Å². The number of allylic oxidation sites excluding steroid dienone is 1. The summed E-state index contributed by atoms with van der Waals surface area (Å²) < 4.78 is 0. The highest BCUT2D eigenvalue weighted by Gasteiger charge is 2.39. The lowest BCUT2D eigenvalue weighted by Crippen LogP contribution is -2.47. The molecule has 2 aliphatic heterocycles. The zero-order chi connectivity index (χ0) is 24.5. The van der Waals surface area contributed by atoms with Crippen LogP contribution in [-0.2, 0) is 0 Å². The molecular weight excluding hydrogens is 478 g/mol. The van der Waals surface area contributed by atoms with Crippen molar-refractivity contribution in [3.05, 3.63) is 99.5 Å². The minimum atomic E-state index is -0.231. The lowest BCUT2D eigenvalue weighted by atomic mass is 9.79. The van der Waals surface area contributed by atoms with Gasteiger partial charge in [0.15, 0.2) is 5.78 Å². The quantitative estimate of drug-likeness (QED) is 0.521. The van der Waals surface area contributed by atoms with Gasteiger partial charge in [-0.15, -0.1) is 0 Å². The number of benzene rings is 2. The number of carbonyl (C=O) groups is 2. The molecule has 2 aromatic rings. The van der Waals surface area contributed by atoms with E-state index in [1.165, 1.54) is 5.70 Å². The summed E-state index contributed by atoms with van der Waals surface area (Å²) >= 11 is 8.53. The summed E-state index contributed by atoms with van der Waals surface area (Å²) in [4.78, 5) is 28.9. The van der Waals surface area contributed by atoms with E-state index in [0.717, 1.165) is 34.8 Å². The highest BCUT2D eigenvalue weighted by Crippen LogP contribution is 2.37. The number of carbonyl (C=O) groups excluding carboxylic acids is 2. The summed E-state index contributed by atoms with van der Waals surface area (Å²) in [6.45, 7) is 4.84. The van der Waals surface area contributed by atoms with Gasteiger partial charge in [-0.3, -0.25) is 9.59 Å². The maximum atomic E-state index is 13.8. The third-order valence-electron chi connectivity index (χ3n) is 6.67. The van der Waals surface area contributed by atoms with Crippen molar-refractivity contribution in [3.8, 4) is 0 Å². The number of nitrogens with zero attached hydrogens (tertiary/aromatic N) is 1. The topological polar surface area (TPSA) is 61.4 Å². The number of fused-ring (bicyclic) bond motifs is 3. The Kier molecular flexibility index (Phi) is 6.76. The van der Waals surface area contributed by atoms with E-state index in [0.29, 0.717) is 28.3 Å². The van der Waals surface area contributed by atoms with E-state index >= 15 is 0 Å². The van der Waals surface area contributed by atoms with Gasteiger partial charge in [-0.05, 0) is 56.2 Å². The van der Waals surface area contributed by atoms with Crippen LogP contribution in [0.2, 0.25) is 5.02 Å². The van der Waals surface area contributed by atoms with Crippen LogP contribution in [0, 0.1) is 19.8 Å². The number of anilines is 1. The van der Waals surface area contributed by atoms with E-state index in [1.54, 1.807) is 18.2 Å². The molecule has 1 fully saturated rings. The number of hydrogen-bond donors (Lipinski definition) is 2. The van der Waals surface area contributed by atoms with Crippen molar-refractivity contribution in [3.63, 3.8) is 0 Å². The van der Waals surface area contributed by atoms with E-state index < -0.39 is 0 Å². The normalized spacial score (nSPS) is 21.1. The smallest absolute Gasteiger partial charge is 0.255 e. The molecule has 0 radical (unpaired) electrons. The molecule has 5 nitrogen and oxygen atoms in total. The van der Waals surface area contributed by atoms with Gasteiger partial charge in [-0.1, -0.05) is 40.9 Å². The number of Topliss-reactive ketones (excluding diaryl/α,β-unsaturated/α-hetero) is 1. The van der Waals surface area contributed by atoms with Gasteiger partial charge >= 0.3 is 0 Å². The van der Waals surface area contributed by atoms with E-state index in [-0.39, 0.29) is 23.7 Å². The molecule has 1 aliphatic carbocycles. The summed E-state index contributed by atoms with van der Waals surface area (Å²) in [5, 5.41) is 6.55. The Balaban J connectivity index is 1.38. The number of aryl methyl sites for hydroxylation is 2. The van der Waals surface area contributed by atoms with E-state index in [4.69, 9.17) is 11.6 Å². The van der Waals surface area contributed by atoms with Crippen LogP contribution in [0.15, 0.2) is 72.2 Å². The summed E-state index contributed by atoms with van der Waals surface area (Å²) in [6, 6.07) is 10.9. The zero-order valence-electron chi connectivity index (χ0n) is 19.8. The largest absolute Gasteiger partial charge is 0.366 e. The van der Waals surface area contributed by atoms with Gasteiger partial charge in [0.25, 0.3) is 5.91 Å². The molecule has 180 valence electrons. The number of halogens is 1. The zero-order valence-corrected chi connectivity index (χ0v) is 21.4. The third kappa shape index (κ3) is 4.91. The maximum absolute atomic E-state index is 13.8. The fourth-order valence-electron chi connectivity index (χ4n) is 5.14. The molecule has 1 amide bonds. The second kappa shape index (κ2) is 9.96. The predicted octanol–water partition coefficient (Wildman–Crippen LogP) is 5.71. The van der Waals surface area contributed by atoms with Crippen LogP contribution in [0.4, 0.5) is 5.69 Å². The van der Waals surface area contributed by atoms with Crippen molar-refractivity contribution in [2.45, 2.75) is 26.3 Å². The van der Waals surface area contributed by atoms with Crippen LogP contribution >= 0.6 is 23.4 Å². The monoisotopic (exact) mass is 505 g/mol. The maximum Gasteiger partial charge on any atom is 0.255 e. The van der Waals surface area contributed by atoms with Crippen LogP contribution in [0.5, 0.6) is 0 Å². The highest BCUT2D eigenvalue weighted by molar-refractivity contribution is 7.99. The molecule has 35 heavy (non-hydrogen) atoms. The first-order valence-corrected chi connectivity index (χ1v) is 13.3. The Morgan fingerprint density at radius 3 is 2.69 bits per heavy atom. The molecule has 7 heteroatoms. The molecule has 2 heterocycles. The molecule has 2 aromatic carbocycles.